The summed E-state index contributed by atoms with van der Waals surface area (Å²) in [5.41, 5.74) is 1.44. The lowest BCUT2D eigenvalue weighted by molar-refractivity contribution is -0.139. The maximum Gasteiger partial charge on any atom is 0.362 e. The Hall–Kier alpha value is -2.18. The van der Waals surface area contributed by atoms with Crippen molar-refractivity contribution in [3.05, 3.63) is 59.8 Å². The van der Waals surface area contributed by atoms with Crippen LogP contribution in [-0.4, -0.2) is 35.8 Å². The summed E-state index contributed by atoms with van der Waals surface area (Å²) in [7, 11) is 1.67. The Balaban J connectivity index is 2.01. The fraction of sp³-hybridized carbons (Fsp3) is 0.500. The van der Waals surface area contributed by atoms with Gasteiger partial charge in [-0.05, 0) is 25.7 Å². The van der Waals surface area contributed by atoms with Crippen LogP contribution in [0.1, 0.15) is 64.7 Å². The first-order valence-corrected chi connectivity index (χ1v) is 12.5. The van der Waals surface area contributed by atoms with Crippen molar-refractivity contribution in [1.29, 1.82) is 0 Å². The first-order chi connectivity index (χ1) is 15.7. The predicted molar refractivity (Wildman–Crippen MR) is 133 cm³/mol. The van der Waals surface area contributed by atoms with Gasteiger partial charge in [0.25, 0.3) is 0 Å². The SMILES string of the molecule is CCCCCCCC/C(=N\OC(=O)C1=CC=CC=CC1)C(=O)C1=CCC(SCOC)C=C1. The summed E-state index contributed by atoms with van der Waals surface area (Å²) in [4.78, 5) is 30.7. The van der Waals surface area contributed by atoms with Gasteiger partial charge in [0.1, 0.15) is 5.71 Å². The summed E-state index contributed by atoms with van der Waals surface area (Å²) in [6.45, 7) is 2.19. The molecule has 0 spiro atoms. The van der Waals surface area contributed by atoms with Crippen molar-refractivity contribution in [3.8, 4) is 0 Å². The van der Waals surface area contributed by atoms with Gasteiger partial charge in [-0.15, -0.1) is 11.8 Å². The molecule has 0 bridgehead atoms. The zero-order valence-corrected chi connectivity index (χ0v) is 20.1. The molecule has 1 unspecified atom stereocenters. The van der Waals surface area contributed by atoms with Crippen LogP contribution in [0.25, 0.3) is 0 Å². The van der Waals surface area contributed by atoms with Crippen LogP contribution in [0.5, 0.6) is 0 Å². The van der Waals surface area contributed by atoms with Gasteiger partial charge in [0.15, 0.2) is 0 Å². The van der Waals surface area contributed by atoms with E-state index >= 15 is 0 Å². The number of rotatable bonds is 14. The van der Waals surface area contributed by atoms with E-state index in [0.29, 0.717) is 40.9 Å². The molecule has 5 nitrogen and oxygen atoms in total. The number of nitrogens with zero attached hydrogens (tertiary/aromatic N) is 1. The van der Waals surface area contributed by atoms with Gasteiger partial charge in [-0.2, -0.15) is 0 Å². The average Bonchev–Trinajstić information content (AvgIpc) is 3.11. The molecule has 2 aliphatic rings. The molecule has 0 saturated carbocycles. The molecule has 1 atom stereocenters. The Morgan fingerprint density at radius 3 is 2.69 bits per heavy atom. The second-order valence-corrected chi connectivity index (χ2v) is 9.01. The molecule has 2 aliphatic carbocycles. The minimum Gasteiger partial charge on any atom is -0.374 e. The van der Waals surface area contributed by atoms with E-state index < -0.39 is 5.97 Å². The Kier molecular flexibility index (Phi) is 12.7. The van der Waals surface area contributed by atoms with Crippen LogP contribution < -0.4 is 0 Å². The summed E-state index contributed by atoms with van der Waals surface area (Å²) in [6, 6.07) is 0. The largest absolute Gasteiger partial charge is 0.374 e. The first-order valence-electron chi connectivity index (χ1n) is 11.5. The molecule has 0 heterocycles. The van der Waals surface area contributed by atoms with Gasteiger partial charge in [0.05, 0.1) is 5.94 Å². The van der Waals surface area contributed by atoms with Crippen LogP contribution in [0.2, 0.25) is 0 Å². The lowest BCUT2D eigenvalue weighted by Crippen LogP contribution is -2.19. The predicted octanol–water partition coefficient (Wildman–Crippen LogP) is 6.24. The van der Waals surface area contributed by atoms with E-state index in [9.17, 15) is 9.59 Å². The van der Waals surface area contributed by atoms with Crippen molar-refractivity contribution in [3.63, 3.8) is 0 Å². The van der Waals surface area contributed by atoms with Crippen molar-refractivity contribution in [2.24, 2.45) is 5.16 Å². The minimum absolute atomic E-state index is 0.160. The maximum absolute atomic E-state index is 13.1. The summed E-state index contributed by atoms with van der Waals surface area (Å²) >= 11 is 1.69. The van der Waals surface area contributed by atoms with Gasteiger partial charge in [-0.1, -0.05) is 92.8 Å². The number of unbranched alkanes of at least 4 members (excludes halogenated alkanes) is 5. The fourth-order valence-electron chi connectivity index (χ4n) is 3.37. The molecule has 0 saturated heterocycles. The van der Waals surface area contributed by atoms with Gasteiger partial charge >= 0.3 is 5.97 Å². The number of ketones is 1. The standard InChI is InChI=1S/C26H35NO4S/c1-3-4-5-6-7-12-15-24(27-31-26(29)22-13-10-8-9-11-14-22)25(28)21-16-18-23(19-17-21)32-20-30-2/h8-11,13,16-18,23H,3-7,12,14-15,19-20H2,1-2H3/b27-24+. The summed E-state index contributed by atoms with van der Waals surface area (Å²) < 4.78 is 5.11. The number of ether oxygens (including phenoxy) is 1. The zero-order chi connectivity index (χ0) is 23.0. The van der Waals surface area contributed by atoms with Crippen LogP contribution in [0.4, 0.5) is 0 Å². The van der Waals surface area contributed by atoms with Gasteiger partial charge in [0, 0.05) is 23.5 Å². The molecule has 0 aromatic carbocycles. The third kappa shape index (κ3) is 9.53. The molecule has 6 heteroatoms. The van der Waals surface area contributed by atoms with Gasteiger partial charge in [0.2, 0.25) is 5.78 Å². The van der Waals surface area contributed by atoms with Crippen molar-refractivity contribution >= 4 is 29.2 Å². The van der Waals surface area contributed by atoms with Crippen LogP contribution in [-0.2, 0) is 19.2 Å². The van der Waals surface area contributed by atoms with Crippen LogP contribution >= 0.6 is 11.8 Å². The maximum atomic E-state index is 13.1. The third-order valence-electron chi connectivity index (χ3n) is 5.25. The highest BCUT2D eigenvalue weighted by atomic mass is 32.2. The monoisotopic (exact) mass is 457 g/mol. The van der Waals surface area contributed by atoms with E-state index in [1.165, 1.54) is 19.3 Å². The van der Waals surface area contributed by atoms with Crippen LogP contribution in [0, 0.1) is 0 Å². The third-order valence-corrected chi connectivity index (χ3v) is 6.40. The van der Waals surface area contributed by atoms with Gasteiger partial charge < -0.3 is 9.57 Å². The van der Waals surface area contributed by atoms with E-state index in [-0.39, 0.29) is 5.78 Å². The molecule has 0 fully saturated rings. The average molecular weight is 458 g/mol. The topological polar surface area (TPSA) is 65.0 Å². The number of Topliss-reactive ketones (excluding diaryl/α,β-unsaturated/α-hetero) is 1. The lowest BCUT2D eigenvalue weighted by Gasteiger charge is -2.15. The minimum atomic E-state index is -0.515. The second kappa shape index (κ2) is 15.6. The van der Waals surface area contributed by atoms with E-state index in [2.05, 4.69) is 12.1 Å². The summed E-state index contributed by atoms with van der Waals surface area (Å²) in [5.74, 6) is -0.0568. The number of carbonyl (C=O) groups is 2. The zero-order valence-electron chi connectivity index (χ0n) is 19.3. The van der Waals surface area contributed by atoms with Crippen molar-refractivity contribution in [2.75, 3.05) is 13.0 Å². The summed E-state index contributed by atoms with van der Waals surface area (Å²) in [5, 5.41) is 4.33. The number of thioether (sulfide) groups is 1. The lowest BCUT2D eigenvalue weighted by atomic mass is 9.97. The Bertz CT molecular complexity index is 805. The van der Waals surface area contributed by atoms with Crippen molar-refractivity contribution < 1.29 is 19.2 Å². The fourth-order valence-corrected chi connectivity index (χ4v) is 4.11. The highest BCUT2D eigenvalue weighted by molar-refractivity contribution is 7.99. The Morgan fingerprint density at radius 2 is 1.94 bits per heavy atom. The summed E-state index contributed by atoms with van der Waals surface area (Å²) in [6.07, 6.45) is 23.4. The number of methoxy groups -OCH3 is 1. The molecule has 0 N–H and O–H groups in total. The number of carbonyl (C=O) groups excluding carboxylic acids is 2. The van der Waals surface area contributed by atoms with E-state index in [4.69, 9.17) is 9.57 Å². The van der Waals surface area contributed by atoms with E-state index in [0.717, 1.165) is 25.7 Å². The molecule has 0 aromatic rings. The molecule has 0 aliphatic heterocycles. The van der Waals surface area contributed by atoms with Gasteiger partial charge in [-0.3, -0.25) is 4.79 Å². The number of hydrogen-bond acceptors (Lipinski definition) is 6. The Morgan fingerprint density at radius 1 is 1.12 bits per heavy atom. The second-order valence-electron chi connectivity index (χ2n) is 7.84. The molecular weight excluding hydrogens is 422 g/mol. The quantitative estimate of drug-likeness (QED) is 0.102. The number of hydrogen-bond donors (Lipinski definition) is 0. The van der Waals surface area contributed by atoms with Crippen molar-refractivity contribution in [2.45, 2.75) is 70.0 Å². The van der Waals surface area contributed by atoms with E-state index in [1.54, 1.807) is 31.0 Å². The molecule has 0 radical (unpaired) electrons. The Labute approximate surface area is 196 Å². The number of allylic oxidation sites excluding steroid dienone is 8. The molecule has 174 valence electrons. The highest BCUT2D eigenvalue weighted by Crippen LogP contribution is 2.23. The number of oxime groups is 1. The first kappa shape index (κ1) is 26.1. The smallest absolute Gasteiger partial charge is 0.362 e. The molecule has 0 amide bonds. The molecule has 2 rings (SSSR count). The van der Waals surface area contributed by atoms with Crippen LogP contribution in [0.15, 0.2) is 64.9 Å². The molecule has 0 aromatic heterocycles. The molecular formula is C26H35NO4S. The van der Waals surface area contributed by atoms with Crippen molar-refractivity contribution in [1.82, 2.24) is 0 Å². The molecule has 32 heavy (non-hydrogen) atoms. The van der Waals surface area contributed by atoms with Crippen LogP contribution in [0.3, 0.4) is 0 Å². The van der Waals surface area contributed by atoms with E-state index in [1.807, 2.05) is 36.5 Å². The highest BCUT2D eigenvalue weighted by Gasteiger charge is 2.20. The normalized spacial score (nSPS) is 18.2. The van der Waals surface area contributed by atoms with Gasteiger partial charge in [-0.25, -0.2) is 4.79 Å².